The first-order valence-electron chi connectivity index (χ1n) is 5.38. The lowest BCUT2D eigenvalue weighted by molar-refractivity contribution is 0.0218. The van der Waals surface area contributed by atoms with Crippen LogP contribution in [0.3, 0.4) is 0 Å². The number of benzene rings is 1. The first-order chi connectivity index (χ1) is 7.65. The average Bonchev–Trinajstić information content (AvgIpc) is 2.21. The lowest BCUT2D eigenvalue weighted by atomic mass is 10.1. The third-order valence-electron chi connectivity index (χ3n) is 2.08. The molecule has 2 N–H and O–H groups in total. The molecule has 0 heterocycles. The Kier molecular flexibility index (Phi) is 5.60. The van der Waals surface area contributed by atoms with E-state index in [1.165, 1.54) is 0 Å². The third kappa shape index (κ3) is 4.00. The van der Waals surface area contributed by atoms with Gasteiger partial charge in [0.05, 0.1) is 5.02 Å². The van der Waals surface area contributed by atoms with Gasteiger partial charge in [0.15, 0.2) is 6.79 Å². The molecular formula is C12H18ClNO2. The lowest BCUT2D eigenvalue weighted by Crippen LogP contribution is -2.18. The summed E-state index contributed by atoms with van der Waals surface area (Å²) >= 11 is 6.07. The Bertz CT molecular complexity index is 329. The molecule has 0 aliphatic carbocycles. The van der Waals surface area contributed by atoms with Crippen molar-refractivity contribution < 1.29 is 9.47 Å². The van der Waals surface area contributed by atoms with Crippen LogP contribution in [0.25, 0.3) is 0 Å². The first-order valence-corrected chi connectivity index (χ1v) is 5.76. The minimum atomic E-state index is 0.0768. The van der Waals surface area contributed by atoms with Gasteiger partial charge in [-0.05, 0) is 31.9 Å². The number of hydrogen-bond acceptors (Lipinski definition) is 3. The zero-order valence-corrected chi connectivity index (χ0v) is 10.5. The maximum absolute atomic E-state index is 6.07. The van der Waals surface area contributed by atoms with E-state index in [0.29, 0.717) is 17.4 Å². The summed E-state index contributed by atoms with van der Waals surface area (Å²) < 4.78 is 10.6. The number of hydrogen-bond donors (Lipinski definition) is 1. The second kappa shape index (κ2) is 6.74. The molecule has 1 unspecified atom stereocenters. The molecule has 0 aliphatic rings. The van der Waals surface area contributed by atoms with Crippen molar-refractivity contribution in [1.29, 1.82) is 0 Å². The van der Waals surface area contributed by atoms with Crippen LogP contribution >= 0.6 is 11.6 Å². The highest BCUT2D eigenvalue weighted by Gasteiger charge is 2.09. The van der Waals surface area contributed by atoms with Gasteiger partial charge in [-0.3, -0.25) is 0 Å². The molecule has 0 bridgehead atoms. The average molecular weight is 244 g/mol. The normalized spacial score (nSPS) is 12.5. The summed E-state index contributed by atoms with van der Waals surface area (Å²) in [6.45, 7) is 4.70. The molecule has 0 aromatic heterocycles. The van der Waals surface area contributed by atoms with E-state index >= 15 is 0 Å². The molecule has 0 amide bonds. The molecule has 4 heteroatoms. The summed E-state index contributed by atoms with van der Waals surface area (Å²) in [6.07, 6.45) is 0.738. The molecule has 16 heavy (non-hydrogen) atoms. The van der Waals surface area contributed by atoms with E-state index in [1.807, 2.05) is 26.0 Å². The van der Waals surface area contributed by atoms with Gasteiger partial charge in [-0.2, -0.15) is 0 Å². The molecular weight excluding hydrogens is 226 g/mol. The van der Waals surface area contributed by atoms with Crippen LogP contribution in [-0.2, 0) is 11.2 Å². The summed E-state index contributed by atoms with van der Waals surface area (Å²) in [5.41, 5.74) is 6.78. The van der Waals surface area contributed by atoms with Crippen molar-refractivity contribution in [1.82, 2.24) is 0 Å². The second-order valence-electron chi connectivity index (χ2n) is 3.66. The van der Waals surface area contributed by atoms with Crippen molar-refractivity contribution in [2.75, 3.05) is 13.4 Å². The van der Waals surface area contributed by atoms with Crippen LogP contribution in [0.1, 0.15) is 19.4 Å². The Balaban J connectivity index is 2.77. The fraction of sp³-hybridized carbons (Fsp3) is 0.500. The van der Waals surface area contributed by atoms with Crippen LogP contribution in [0.4, 0.5) is 0 Å². The van der Waals surface area contributed by atoms with Gasteiger partial charge in [-0.15, -0.1) is 0 Å². The minimum absolute atomic E-state index is 0.0768. The Hall–Kier alpha value is -0.770. The van der Waals surface area contributed by atoms with E-state index < -0.39 is 0 Å². The van der Waals surface area contributed by atoms with Crippen molar-refractivity contribution in [2.45, 2.75) is 26.3 Å². The fourth-order valence-corrected chi connectivity index (χ4v) is 1.66. The number of para-hydroxylation sites is 1. The third-order valence-corrected chi connectivity index (χ3v) is 2.38. The predicted octanol–water partition coefficient (Wildman–Crippen LogP) is 2.60. The summed E-state index contributed by atoms with van der Waals surface area (Å²) in [6, 6.07) is 5.74. The maximum atomic E-state index is 6.07. The van der Waals surface area contributed by atoms with Gasteiger partial charge in [-0.1, -0.05) is 23.7 Å². The molecule has 90 valence electrons. The van der Waals surface area contributed by atoms with Crippen molar-refractivity contribution in [3.8, 4) is 5.75 Å². The highest BCUT2D eigenvalue weighted by molar-refractivity contribution is 6.32. The van der Waals surface area contributed by atoms with E-state index in [0.717, 1.165) is 12.0 Å². The van der Waals surface area contributed by atoms with Gasteiger partial charge in [0, 0.05) is 12.6 Å². The summed E-state index contributed by atoms with van der Waals surface area (Å²) in [5, 5.41) is 0.595. The van der Waals surface area contributed by atoms with E-state index in [-0.39, 0.29) is 12.8 Å². The topological polar surface area (TPSA) is 44.5 Å². The molecule has 0 fully saturated rings. The van der Waals surface area contributed by atoms with Crippen molar-refractivity contribution in [2.24, 2.45) is 5.73 Å². The van der Waals surface area contributed by atoms with Crippen LogP contribution in [0, 0.1) is 0 Å². The van der Waals surface area contributed by atoms with Crippen LogP contribution in [-0.4, -0.2) is 19.4 Å². The van der Waals surface area contributed by atoms with Gasteiger partial charge in [0.1, 0.15) is 5.75 Å². The van der Waals surface area contributed by atoms with Gasteiger partial charge < -0.3 is 15.2 Å². The Labute approximate surface area is 101 Å². The van der Waals surface area contributed by atoms with Gasteiger partial charge in [0.25, 0.3) is 0 Å². The Morgan fingerprint density at radius 2 is 2.19 bits per heavy atom. The maximum Gasteiger partial charge on any atom is 0.189 e. The van der Waals surface area contributed by atoms with Gasteiger partial charge in [-0.25, -0.2) is 0 Å². The SMILES string of the molecule is CCOCOc1c(Cl)cccc1CC(C)N. The molecule has 0 saturated carbocycles. The largest absolute Gasteiger partial charge is 0.466 e. The molecule has 0 saturated heterocycles. The van der Waals surface area contributed by atoms with E-state index in [1.54, 1.807) is 6.07 Å². The zero-order valence-electron chi connectivity index (χ0n) is 9.70. The highest BCUT2D eigenvalue weighted by Crippen LogP contribution is 2.29. The van der Waals surface area contributed by atoms with Crippen LogP contribution < -0.4 is 10.5 Å². The van der Waals surface area contributed by atoms with E-state index in [2.05, 4.69) is 0 Å². The quantitative estimate of drug-likeness (QED) is 0.617. The summed E-state index contributed by atoms with van der Waals surface area (Å²) in [5.74, 6) is 0.676. The van der Waals surface area contributed by atoms with Gasteiger partial charge in [0.2, 0.25) is 0 Å². The summed E-state index contributed by atoms with van der Waals surface area (Å²) in [4.78, 5) is 0. The van der Waals surface area contributed by atoms with Crippen LogP contribution in [0.2, 0.25) is 5.02 Å². The number of halogens is 1. The molecule has 0 aliphatic heterocycles. The highest BCUT2D eigenvalue weighted by atomic mass is 35.5. The van der Waals surface area contributed by atoms with Gasteiger partial charge >= 0.3 is 0 Å². The van der Waals surface area contributed by atoms with Crippen LogP contribution in [0.5, 0.6) is 5.75 Å². The van der Waals surface area contributed by atoms with Crippen molar-refractivity contribution >= 4 is 11.6 Å². The minimum Gasteiger partial charge on any atom is -0.466 e. The zero-order chi connectivity index (χ0) is 12.0. The van der Waals surface area contributed by atoms with Crippen molar-refractivity contribution in [3.63, 3.8) is 0 Å². The number of rotatable bonds is 6. The van der Waals surface area contributed by atoms with Crippen LogP contribution in [0.15, 0.2) is 18.2 Å². The number of nitrogens with two attached hydrogens (primary N) is 1. The predicted molar refractivity (Wildman–Crippen MR) is 65.9 cm³/mol. The molecule has 0 spiro atoms. The Morgan fingerprint density at radius 1 is 1.44 bits per heavy atom. The summed E-state index contributed by atoms with van der Waals surface area (Å²) in [7, 11) is 0. The first kappa shape index (κ1) is 13.3. The molecule has 1 aromatic rings. The van der Waals surface area contributed by atoms with E-state index in [9.17, 15) is 0 Å². The molecule has 1 atom stereocenters. The van der Waals surface area contributed by atoms with E-state index in [4.69, 9.17) is 26.8 Å². The molecule has 0 radical (unpaired) electrons. The van der Waals surface area contributed by atoms with Crippen molar-refractivity contribution in [3.05, 3.63) is 28.8 Å². The second-order valence-corrected chi connectivity index (χ2v) is 4.07. The monoisotopic (exact) mass is 243 g/mol. The fourth-order valence-electron chi connectivity index (χ4n) is 1.41. The smallest absolute Gasteiger partial charge is 0.189 e. The molecule has 3 nitrogen and oxygen atoms in total. The number of ether oxygens (including phenoxy) is 2. The molecule has 1 rings (SSSR count). The molecule has 1 aromatic carbocycles. The standard InChI is InChI=1S/C12H18ClNO2/c1-3-15-8-16-12-10(7-9(2)14)5-4-6-11(12)13/h4-6,9H,3,7-8,14H2,1-2H3. The lowest BCUT2D eigenvalue weighted by Gasteiger charge is -2.14. The Morgan fingerprint density at radius 3 is 2.81 bits per heavy atom.